The molecule has 1 unspecified atom stereocenters. The number of fused-ring (bicyclic) bond motifs is 3. The lowest BCUT2D eigenvalue weighted by Gasteiger charge is -2.21. The summed E-state index contributed by atoms with van der Waals surface area (Å²) in [4.78, 5) is 41.6. The predicted molar refractivity (Wildman–Crippen MR) is 128 cm³/mol. The summed E-state index contributed by atoms with van der Waals surface area (Å²) in [6.45, 7) is 1.78. The van der Waals surface area contributed by atoms with E-state index in [0.717, 1.165) is 27.1 Å². The molecule has 2 aromatic carbocycles. The zero-order chi connectivity index (χ0) is 24.1. The summed E-state index contributed by atoms with van der Waals surface area (Å²) in [7, 11) is 0. The summed E-state index contributed by atoms with van der Waals surface area (Å²) in [5.74, 6) is -1.83. The normalized spacial score (nSPS) is 13.9. The summed E-state index contributed by atoms with van der Waals surface area (Å²) in [5, 5.41) is 14.4. The molecule has 1 heterocycles. The Hall–Kier alpha value is -3.72. The van der Waals surface area contributed by atoms with Crippen molar-refractivity contribution < 1.29 is 24.2 Å². The Balaban J connectivity index is 1.45. The van der Waals surface area contributed by atoms with Gasteiger partial charge in [-0.05, 0) is 28.7 Å². The highest BCUT2D eigenvalue weighted by atomic mass is 32.1. The number of hydrogen-bond acceptors (Lipinski definition) is 6. The molecule has 9 heteroatoms. The van der Waals surface area contributed by atoms with Gasteiger partial charge in [0.15, 0.2) is 0 Å². The molecule has 0 radical (unpaired) electrons. The number of nitrogens with one attached hydrogen (secondary N) is 2. The van der Waals surface area contributed by atoms with Crippen LogP contribution in [0, 0.1) is 0 Å². The third-order valence-corrected chi connectivity index (χ3v) is 6.67. The van der Waals surface area contributed by atoms with Crippen molar-refractivity contribution in [3.63, 3.8) is 0 Å². The number of benzene rings is 2. The van der Waals surface area contributed by atoms with Gasteiger partial charge in [-0.3, -0.25) is 9.78 Å². The molecule has 176 valence electrons. The van der Waals surface area contributed by atoms with Gasteiger partial charge in [-0.25, -0.2) is 9.59 Å². The van der Waals surface area contributed by atoms with Crippen LogP contribution in [0.3, 0.4) is 0 Å². The number of carboxylic acid groups (broad SMARTS) is 1. The van der Waals surface area contributed by atoms with Crippen molar-refractivity contribution >= 4 is 29.3 Å². The second-order valence-corrected chi connectivity index (χ2v) is 8.97. The molecule has 0 saturated carbocycles. The smallest absolute Gasteiger partial charge is 0.407 e. The van der Waals surface area contributed by atoms with Crippen LogP contribution in [0.5, 0.6) is 0 Å². The van der Waals surface area contributed by atoms with Crippen LogP contribution in [0.4, 0.5) is 4.79 Å². The van der Waals surface area contributed by atoms with E-state index < -0.39 is 30.1 Å². The SMILES string of the molecule is CC[C@H](NC(=O)C(Cc1cncs1)NC(=O)OCC1c2ccccc2-c2ccccc21)C(=O)O. The largest absolute Gasteiger partial charge is 0.480 e. The molecule has 3 N–H and O–H groups in total. The molecule has 2 amide bonds. The first-order valence-corrected chi connectivity index (χ1v) is 11.9. The van der Waals surface area contributed by atoms with Crippen LogP contribution < -0.4 is 10.6 Å². The standard InChI is InChI=1S/C25H25N3O5S/c1-2-21(24(30)31)27-23(29)22(11-15-12-26-14-34-15)28-25(32)33-13-20-18-9-5-3-7-16(18)17-8-4-6-10-19(17)20/h3-10,12,14,20-22H,2,11,13H2,1H3,(H,27,29)(H,28,32)(H,30,31)/t21-,22?/m0/s1. The number of amides is 2. The molecule has 0 spiro atoms. The number of carbonyl (C=O) groups is 3. The van der Waals surface area contributed by atoms with Crippen molar-refractivity contribution in [2.24, 2.45) is 0 Å². The Kier molecular flexibility index (Phi) is 7.22. The van der Waals surface area contributed by atoms with Gasteiger partial charge in [0.2, 0.25) is 5.91 Å². The molecule has 0 saturated heterocycles. The number of thiazole rings is 1. The Morgan fingerprint density at radius 3 is 2.24 bits per heavy atom. The zero-order valence-corrected chi connectivity index (χ0v) is 19.4. The van der Waals surface area contributed by atoms with E-state index in [4.69, 9.17) is 4.74 Å². The minimum Gasteiger partial charge on any atom is -0.480 e. The lowest BCUT2D eigenvalue weighted by atomic mass is 9.98. The van der Waals surface area contributed by atoms with Gasteiger partial charge >= 0.3 is 12.1 Å². The fourth-order valence-electron chi connectivity index (χ4n) is 4.15. The number of nitrogens with zero attached hydrogens (tertiary/aromatic N) is 1. The van der Waals surface area contributed by atoms with Gasteiger partial charge in [0.05, 0.1) is 5.51 Å². The van der Waals surface area contributed by atoms with E-state index in [2.05, 4.69) is 27.8 Å². The van der Waals surface area contributed by atoms with Crippen molar-refractivity contribution in [2.75, 3.05) is 6.61 Å². The molecule has 1 aliphatic carbocycles. The highest BCUT2D eigenvalue weighted by Gasteiger charge is 2.30. The van der Waals surface area contributed by atoms with E-state index in [1.165, 1.54) is 11.3 Å². The number of hydrogen-bond donors (Lipinski definition) is 3. The number of rotatable bonds is 9. The van der Waals surface area contributed by atoms with Crippen LogP contribution in [0.25, 0.3) is 11.1 Å². The minimum absolute atomic E-state index is 0.108. The summed E-state index contributed by atoms with van der Waals surface area (Å²) in [6, 6.07) is 14.0. The minimum atomic E-state index is -1.13. The molecule has 1 aromatic heterocycles. The molecule has 0 bridgehead atoms. The summed E-state index contributed by atoms with van der Waals surface area (Å²) < 4.78 is 5.56. The van der Waals surface area contributed by atoms with Crippen LogP contribution in [0.1, 0.15) is 35.3 Å². The average Bonchev–Trinajstić information content (AvgIpc) is 3.46. The fraction of sp³-hybridized carbons (Fsp3) is 0.280. The van der Waals surface area contributed by atoms with Gasteiger partial charge < -0.3 is 20.5 Å². The molecule has 3 aromatic rings. The number of carboxylic acids is 1. The summed E-state index contributed by atoms with van der Waals surface area (Å²) >= 11 is 1.35. The topological polar surface area (TPSA) is 118 Å². The molecule has 4 rings (SSSR count). The summed E-state index contributed by atoms with van der Waals surface area (Å²) in [6.07, 6.45) is 1.27. The number of carbonyl (C=O) groups excluding carboxylic acids is 2. The molecule has 34 heavy (non-hydrogen) atoms. The Labute approximate surface area is 201 Å². The van der Waals surface area contributed by atoms with E-state index in [1.54, 1.807) is 18.6 Å². The van der Waals surface area contributed by atoms with Crippen molar-refractivity contribution in [2.45, 2.75) is 37.8 Å². The average molecular weight is 480 g/mol. The maximum Gasteiger partial charge on any atom is 0.407 e. The molecular formula is C25H25N3O5S. The van der Waals surface area contributed by atoms with Gasteiger partial charge in [-0.1, -0.05) is 55.5 Å². The van der Waals surface area contributed by atoms with Crippen LogP contribution >= 0.6 is 11.3 Å². The number of ether oxygens (including phenoxy) is 1. The third kappa shape index (κ3) is 5.09. The predicted octanol–water partition coefficient (Wildman–Crippen LogP) is 3.57. The third-order valence-electron chi connectivity index (χ3n) is 5.86. The van der Waals surface area contributed by atoms with Crippen LogP contribution in [-0.4, -0.2) is 46.8 Å². The molecule has 8 nitrogen and oxygen atoms in total. The lowest BCUT2D eigenvalue weighted by Crippen LogP contribution is -2.52. The summed E-state index contributed by atoms with van der Waals surface area (Å²) in [5.41, 5.74) is 6.04. The quantitative estimate of drug-likeness (QED) is 0.432. The van der Waals surface area contributed by atoms with Gasteiger partial charge in [-0.2, -0.15) is 0 Å². The van der Waals surface area contributed by atoms with Gasteiger partial charge in [0.25, 0.3) is 0 Å². The van der Waals surface area contributed by atoms with Crippen molar-refractivity contribution in [3.8, 4) is 11.1 Å². The van der Waals surface area contributed by atoms with Gasteiger partial charge in [0.1, 0.15) is 18.7 Å². The fourth-order valence-corrected chi connectivity index (χ4v) is 4.79. The van der Waals surface area contributed by atoms with Crippen LogP contribution in [-0.2, 0) is 20.7 Å². The Bertz CT molecular complexity index is 1140. The number of aliphatic carboxylic acids is 1. The molecule has 0 fully saturated rings. The second kappa shape index (κ2) is 10.5. The first-order valence-electron chi connectivity index (χ1n) is 11.0. The number of alkyl carbamates (subject to hydrolysis) is 1. The Morgan fingerprint density at radius 2 is 1.68 bits per heavy atom. The molecule has 0 aliphatic heterocycles. The van der Waals surface area contributed by atoms with E-state index in [0.29, 0.717) is 0 Å². The first-order chi connectivity index (χ1) is 16.5. The monoisotopic (exact) mass is 479 g/mol. The first kappa shape index (κ1) is 23.4. The maximum atomic E-state index is 12.8. The highest BCUT2D eigenvalue weighted by Crippen LogP contribution is 2.44. The zero-order valence-electron chi connectivity index (χ0n) is 18.6. The van der Waals surface area contributed by atoms with Gasteiger partial charge in [0, 0.05) is 23.4 Å². The Morgan fingerprint density at radius 1 is 1.03 bits per heavy atom. The lowest BCUT2D eigenvalue weighted by molar-refractivity contribution is -0.142. The molecule has 2 atom stereocenters. The van der Waals surface area contributed by atoms with Crippen LogP contribution in [0.15, 0.2) is 60.2 Å². The van der Waals surface area contributed by atoms with Crippen LogP contribution in [0.2, 0.25) is 0 Å². The van der Waals surface area contributed by atoms with Gasteiger partial charge in [-0.15, -0.1) is 11.3 Å². The maximum absolute atomic E-state index is 12.8. The van der Waals surface area contributed by atoms with E-state index in [1.807, 2.05) is 36.4 Å². The highest BCUT2D eigenvalue weighted by molar-refractivity contribution is 7.09. The second-order valence-electron chi connectivity index (χ2n) is 8.00. The molecular weight excluding hydrogens is 454 g/mol. The van der Waals surface area contributed by atoms with E-state index in [9.17, 15) is 19.5 Å². The number of aromatic nitrogens is 1. The van der Waals surface area contributed by atoms with E-state index >= 15 is 0 Å². The van der Waals surface area contributed by atoms with E-state index in [-0.39, 0.29) is 25.4 Å². The molecule has 1 aliphatic rings. The van der Waals surface area contributed by atoms with Crippen molar-refractivity contribution in [3.05, 3.63) is 76.2 Å². The van der Waals surface area contributed by atoms with Crippen molar-refractivity contribution in [1.82, 2.24) is 15.6 Å². The van der Waals surface area contributed by atoms with Crippen molar-refractivity contribution in [1.29, 1.82) is 0 Å².